The molecule has 0 amide bonds. The number of nitrogens with zero attached hydrogens (tertiary/aromatic N) is 5. The Labute approximate surface area is 128 Å². The lowest BCUT2D eigenvalue weighted by Gasteiger charge is -2.45. The van der Waals surface area contributed by atoms with Gasteiger partial charge >= 0.3 is 0 Å². The third-order valence-electron chi connectivity index (χ3n) is 4.14. The van der Waals surface area contributed by atoms with Crippen LogP contribution in [0.15, 0.2) is 24.3 Å². The number of morpholine rings is 1. The van der Waals surface area contributed by atoms with Crippen LogP contribution in [0.3, 0.4) is 0 Å². The van der Waals surface area contributed by atoms with Gasteiger partial charge in [-0.1, -0.05) is 12.1 Å². The zero-order chi connectivity index (χ0) is 15.7. The lowest BCUT2D eigenvalue weighted by atomic mass is 9.98. The minimum atomic E-state index is -0.241. The van der Waals surface area contributed by atoms with Gasteiger partial charge in [0.2, 0.25) is 0 Å². The molecule has 1 fully saturated rings. The van der Waals surface area contributed by atoms with E-state index in [1.165, 1.54) is 12.1 Å². The second-order valence-electron chi connectivity index (χ2n) is 6.27. The molecule has 1 aliphatic heterocycles. The van der Waals surface area contributed by atoms with Gasteiger partial charge in [-0.05, 0) is 42.0 Å². The normalized spacial score (nSPS) is 21.9. The molecule has 0 bridgehead atoms. The van der Waals surface area contributed by atoms with E-state index in [4.69, 9.17) is 4.74 Å². The van der Waals surface area contributed by atoms with E-state index in [1.807, 2.05) is 13.1 Å². The maximum absolute atomic E-state index is 13.4. The van der Waals surface area contributed by atoms with Gasteiger partial charge in [0.05, 0.1) is 19.3 Å². The van der Waals surface area contributed by atoms with Crippen LogP contribution in [0, 0.1) is 5.82 Å². The number of hydrogen-bond acceptors (Lipinski definition) is 5. The first-order valence-electron chi connectivity index (χ1n) is 7.29. The Hall–Kier alpha value is -1.86. The minimum absolute atomic E-state index is 0.129. The van der Waals surface area contributed by atoms with E-state index in [0.717, 1.165) is 11.4 Å². The number of benzene rings is 1. The number of tetrazole rings is 1. The van der Waals surface area contributed by atoms with Crippen molar-refractivity contribution >= 4 is 0 Å². The van der Waals surface area contributed by atoms with Crippen LogP contribution in [0.25, 0.3) is 0 Å². The molecule has 3 rings (SSSR count). The van der Waals surface area contributed by atoms with Gasteiger partial charge in [0, 0.05) is 19.1 Å². The quantitative estimate of drug-likeness (QED) is 0.864. The summed E-state index contributed by atoms with van der Waals surface area (Å²) in [7, 11) is 1.83. The smallest absolute Gasteiger partial charge is 0.165 e. The van der Waals surface area contributed by atoms with Crippen LogP contribution in [0.5, 0.6) is 0 Å². The molecule has 1 atom stereocenters. The van der Waals surface area contributed by atoms with Crippen LogP contribution in [0.1, 0.15) is 31.3 Å². The van der Waals surface area contributed by atoms with E-state index in [2.05, 4.69) is 34.3 Å². The van der Waals surface area contributed by atoms with E-state index in [1.54, 1.807) is 10.7 Å². The molecule has 22 heavy (non-hydrogen) atoms. The molecule has 6 nitrogen and oxygen atoms in total. The fraction of sp³-hybridized carbons (Fsp3) is 0.533. The predicted octanol–water partition coefficient (Wildman–Crippen LogP) is 1.70. The summed E-state index contributed by atoms with van der Waals surface area (Å²) in [5, 5.41) is 11.6. The average molecular weight is 305 g/mol. The summed E-state index contributed by atoms with van der Waals surface area (Å²) in [6.07, 6.45) is -0.148. The molecule has 0 spiro atoms. The van der Waals surface area contributed by atoms with Gasteiger partial charge in [-0.25, -0.2) is 9.07 Å². The molecule has 1 aliphatic rings. The molecule has 1 aromatic carbocycles. The molecule has 1 saturated heterocycles. The second kappa shape index (κ2) is 5.73. The van der Waals surface area contributed by atoms with Crippen LogP contribution in [-0.4, -0.2) is 43.8 Å². The number of aryl methyl sites for hydroxylation is 1. The van der Waals surface area contributed by atoms with Crippen molar-refractivity contribution < 1.29 is 9.13 Å². The van der Waals surface area contributed by atoms with Crippen LogP contribution in [-0.2, 0) is 18.3 Å². The molecule has 0 saturated carbocycles. The van der Waals surface area contributed by atoms with E-state index >= 15 is 0 Å². The minimum Gasteiger partial charge on any atom is -0.370 e. The van der Waals surface area contributed by atoms with E-state index < -0.39 is 0 Å². The maximum Gasteiger partial charge on any atom is 0.165 e. The zero-order valence-electron chi connectivity index (χ0n) is 13.0. The van der Waals surface area contributed by atoms with Crippen LogP contribution >= 0.6 is 0 Å². The molecule has 1 aromatic heterocycles. The van der Waals surface area contributed by atoms with Gasteiger partial charge in [-0.3, -0.25) is 4.90 Å². The topological polar surface area (TPSA) is 56.1 Å². The van der Waals surface area contributed by atoms with Crippen molar-refractivity contribution in [2.75, 3.05) is 13.2 Å². The third-order valence-corrected chi connectivity index (χ3v) is 4.14. The lowest BCUT2D eigenvalue weighted by Crippen LogP contribution is -2.53. The first kappa shape index (κ1) is 15.1. The predicted molar refractivity (Wildman–Crippen MR) is 78.4 cm³/mol. The first-order valence-corrected chi connectivity index (χ1v) is 7.29. The van der Waals surface area contributed by atoms with Crippen molar-refractivity contribution in [3.05, 3.63) is 41.5 Å². The average Bonchev–Trinajstić information content (AvgIpc) is 2.86. The van der Waals surface area contributed by atoms with Crippen LogP contribution in [0.2, 0.25) is 0 Å². The molecule has 2 aromatic rings. The Balaban J connectivity index is 1.80. The molecule has 2 heterocycles. The number of halogens is 1. The van der Waals surface area contributed by atoms with Gasteiger partial charge in [-0.15, -0.1) is 5.10 Å². The Bertz CT molecular complexity index is 657. The van der Waals surface area contributed by atoms with Gasteiger partial charge in [0.15, 0.2) is 5.82 Å². The molecular weight excluding hydrogens is 285 g/mol. The molecule has 7 heteroatoms. The van der Waals surface area contributed by atoms with Crippen molar-refractivity contribution in [3.63, 3.8) is 0 Å². The van der Waals surface area contributed by atoms with E-state index in [9.17, 15) is 4.39 Å². The Morgan fingerprint density at radius 2 is 2.23 bits per heavy atom. The summed E-state index contributed by atoms with van der Waals surface area (Å²) in [5.41, 5.74) is 0.729. The van der Waals surface area contributed by atoms with Crippen LogP contribution in [0.4, 0.5) is 4.39 Å². The van der Waals surface area contributed by atoms with Crippen molar-refractivity contribution in [3.8, 4) is 0 Å². The highest BCUT2D eigenvalue weighted by molar-refractivity contribution is 5.20. The number of aromatic nitrogens is 4. The number of ether oxygens (including phenoxy) is 1. The van der Waals surface area contributed by atoms with Gasteiger partial charge in [0.25, 0.3) is 0 Å². The molecule has 1 unspecified atom stereocenters. The van der Waals surface area contributed by atoms with Crippen molar-refractivity contribution in [2.24, 2.45) is 7.05 Å². The highest BCUT2D eigenvalue weighted by Crippen LogP contribution is 2.31. The lowest BCUT2D eigenvalue weighted by molar-refractivity contribution is -0.105. The van der Waals surface area contributed by atoms with Crippen molar-refractivity contribution in [1.29, 1.82) is 0 Å². The largest absolute Gasteiger partial charge is 0.370 e. The third kappa shape index (κ3) is 3.00. The van der Waals surface area contributed by atoms with Gasteiger partial charge < -0.3 is 4.74 Å². The monoisotopic (exact) mass is 305 g/mol. The number of rotatable bonds is 3. The summed E-state index contributed by atoms with van der Waals surface area (Å²) in [6, 6.07) is 6.59. The Morgan fingerprint density at radius 1 is 1.41 bits per heavy atom. The SMILES string of the molecule is Cn1nnnc1CN1CC(c2cccc(F)c2)OCC1(C)C. The molecule has 0 N–H and O–H groups in total. The van der Waals surface area contributed by atoms with E-state index in [0.29, 0.717) is 19.7 Å². The maximum atomic E-state index is 13.4. The number of hydrogen-bond donors (Lipinski definition) is 0. The summed E-state index contributed by atoms with van der Waals surface area (Å²) in [5.74, 6) is 0.558. The molecular formula is C15H20FN5O. The first-order chi connectivity index (χ1) is 10.5. The van der Waals surface area contributed by atoms with Crippen LogP contribution < -0.4 is 0 Å². The molecule has 0 radical (unpaired) electrons. The summed E-state index contributed by atoms with van der Waals surface area (Å²) in [6.45, 7) is 6.12. The Kier molecular flexibility index (Phi) is 3.92. The van der Waals surface area contributed by atoms with Crippen molar-refractivity contribution in [2.45, 2.75) is 32.0 Å². The zero-order valence-corrected chi connectivity index (χ0v) is 13.0. The van der Waals surface area contributed by atoms with E-state index in [-0.39, 0.29) is 17.5 Å². The second-order valence-corrected chi connectivity index (χ2v) is 6.27. The fourth-order valence-corrected chi connectivity index (χ4v) is 2.64. The van der Waals surface area contributed by atoms with Crippen molar-refractivity contribution in [1.82, 2.24) is 25.1 Å². The highest BCUT2D eigenvalue weighted by atomic mass is 19.1. The summed E-state index contributed by atoms with van der Waals surface area (Å²) in [4.78, 5) is 2.28. The fourth-order valence-electron chi connectivity index (χ4n) is 2.64. The van der Waals surface area contributed by atoms with Gasteiger partial charge in [0.1, 0.15) is 5.82 Å². The van der Waals surface area contributed by atoms with Gasteiger partial charge in [-0.2, -0.15) is 0 Å². The summed E-state index contributed by atoms with van der Waals surface area (Å²) < 4.78 is 21.0. The summed E-state index contributed by atoms with van der Waals surface area (Å²) >= 11 is 0. The molecule has 0 aliphatic carbocycles. The molecule has 118 valence electrons. The standard InChI is InChI=1S/C15H20FN5O/c1-15(2)10-22-13(11-5-4-6-12(16)7-11)8-21(15)9-14-17-18-19-20(14)3/h4-7,13H,8-10H2,1-3H3. The Morgan fingerprint density at radius 3 is 2.91 bits per heavy atom. The highest BCUT2D eigenvalue weighted by Gasteiger charge is 2.36.